The summed E-state index contributed by atoms with van der Waals surface area (Å²) in [6.07, 6.45) is 5.47. The number of hydrogen-bond donors (Lipinski definition) is 1. The summed E-state index contributed by atoms with van der Waals surface area (Å²) in [5.74, 6) is -0.111. The van der Waals surface area contributed by atoms with Crippen LogP contribution in [0, 0.1) is 0 Å². The summed E-state index contributed by atoms with van der Waals surface area (Å²) in [5.41, 5.74) is 3.69. The maximum atomic E-state index is 12.4. The number of carbonyl (C=O) groups is 1. The summed E-state index contributed by atoms with van der Waals surface area (Å²) >= 11 is 1.47. The van der Waals surface area contributed by atoms with Gasteiger partial charge in [0.15, 0.2) is 0 Å². The molecule has 1 N–H and O–H groups in total. The number of hydrogen-bond acceptors (Lipinski definition) is 4. The topological polar surface area (TPSA) is 59.8 Å². The lowest BCUT2D eigenvalue weighted by Gasteiger charge is -2.09. The van der Waals surface area contributed by atoms with E-state index in [9.17, 15) is 4.79 Å². The lowest BCUT2D eigenvalue weighted by molar-refractivity contribution is 0.0947. The van der Waals surface area contributed by atoms with Crippen molar-refractivity contribution in [3.63, 3.8) is 0 Å². The number of thioether (sulfide) groups is 1. The van der Waals surface area contributed by atoms with Gasteiger partial charge in [-0.15, -0.1) is 11.8 Å². The highest BCUT2D eigenvalue weighted by molar-refractivity contribution is 7.98. The van der Waals surface area contributed by atoms with Gasteiger partial charge in [-0.2, -0.15) is 0 Å². The molecule has 0 aliphatic rings. The highest BCUT2D eigenvalue weighted by atomic mass is 32.2. The van der Waals surface area contributed by atoms with Crippen LogP contribution in [-0.4, -0.2) is 26.7 Å². The van der Waals surface area contributed by atoms with E-state index in [-0.39, 0.29) is 5.91 Å². The largest absolute Gasteiger partial charge is 0.348 e. The van der Waals surface area contributed by atoms with Crippen molar-refractivity contribution in [1.29, 1.82) is 0 Å². The molecule has 2 aromatic heterocycles. The SMILES string of the molecule is CSc1ncccc1C(=O)NCc1ccc2c(c1)ncn2C(C)C. The quantitative estimate of drug-likeness (QED) is 0.720. The number of nitrogens with one attached hydrogen (secondary N) is 1. The summed E-state index contributed by atoms with van der Waals surface area (Å²) in [5, 5.41) is 3.69. The van der Waals surface area contributed by atoms with Crippen LogP contribution in [0.4, 0.5) is 0 Å². The minimum absolute atomic E-state index is 0.111. The van der Waals surface area contributed by atoms with Gasteiger partial charge in [0.05, 0.1) is 22.9 Å². The zero-order valence-corrected chi connectivity index (χ0v) is 14.8. The minimum atomic E-state index is -0.111. The van der Waals surface area contributed by atoms with Crippen LogP contribution in [0.3, 0.4) is 0 Å². The molecule has 0 atom stereocenters. The Balaban J connectivity index is 1.75. The van der Waals surface area contributed by atoms with Crippen molar-refractivity contribution in [1.82, 2.24) is 19.9 Å². The molecule has 0 saturated heterocycles. The third-order valence-electron chi connectivity index (χ3n) is 3.86. The Morgan fingerprint density at radius 3 is 2.88 bits per heavy atom. The fraction of sp³-hybridized carbons (Fsp3) is 0.278. The minimum Gasteiger partial charge on any atom is -0.348 e. The van der Waals surface area contributed by atoms with E-state index in [1.165, 1.54) is 11.8 Å². The lowest BCUT2D eigenvalue weighted by Crippen LogP contribution is -2.23. The molecule has 0 radical (unpaired) electrons. The van der Waals surface area contributed by atoms with Crippen LogP contribution in [0.15, 0.2) is 47.9 Å². The van der Waals surface area contributed by atoms with Crippen molar-refractivity contribution in [2.45, 2.75) is 31.5 Å². The molecule has 2 heterocycles. The molecule has 6 heteroatoms. The highest BCUT2D eigenvalue weighted by Crippen LogP contribution is 2.19. The van der Waals surface area contributed by atoms with E-state index in [4.69, 9.17) is 0 Å². The van der Waals surface area contributed by atoms with E-state index in [1.54, 1.807) is 18.3 Å². The number of benzene rings is 1. The molecular formula is C18H20N4OS. The average Bonchev–Trinajstić information content (AvgIpc) is 3.03. The van der Waals surface area contributed by atoms with Gasteiger partial charge >= 0.3 is 0 Å². The van der Waals surface area contributed by atoms with E-state index < -0.39 is 0 Å². The first kappa shape index (κ1) is 16.5. The predicted octanol–water partition coefficient (Wildman–Crippen LogP) is 3.66. The smallest absolute Gasteiger partial charge is 0.254 e. The molecule has 0 saturated carbocycles. The fourth-order valence-electron chi connectivity index (χ4n) is 2.60. The van der Waals surface area contributed by atoms with Gasteiger partial charge in [0, 0.05) is 18.8 Å². The van der Waals surface area contributed by atoms with Crippen molar-refractivity contribution in [3.05, 3.63) is 54.0 Å². The number of aromatic nitrogens is 3. The Morgan fingerprint density at radius 1 is 1.29 bits per heavy atom. The maximum absolute atomic E-state index is 12.4. The first-order valence-electron chi connectivity index (χ1n) is 7.83. The van der Waals surface area contributed by atoms with Crippen molar-refractivity contribution in [3.8, 4) is 0 Å². The Kier molecular flexibility index (Phi) is 4.85. The number of imidazole rings is 1. The third-order valence-corrected chi connectivity index (χ3v) is 4.57. The number of nitrogens with zero attached hydrogens (tertiary/aromatic N) is 3. The van der Waals surface area contributed by atoms with Crippen LogP contribution < -0.4 is 5.32 Å². The Hall–Kier alpha value is -2.34. The van der Waals surface area contributed by atoms with Crippen molar-refractivity contribution >= 4 is 28.7 Å². The Labute approximate surface area is 145 Å². The zero-order valence-electron chi connectivity index (χ0n) is 14.0. The van der Waals surface area contributed by atoms with E-state index in [1.807, 2.05) is 24.7 Å². The standard InChI is InChI=1S/C18H20N4OS/c1-12(2)22-11-21-15-9-13(6-7-16(15)22)10-20-17(23)14-5-4-8-19-18(14)24-3/h4-9,11-12H,10H2,1-3H3,(H,20,23). The molecule has 124 valence electrons. The monoisotopic (exact) mass is 340 g/mol. The molecule has 0 unspecified atom stereocenters. The summed E-state index contributed by atoms with van der Waals surface area (Å²) in [4.78, 5) is 21.0. The van der Waals surface area contributed by atoms with E-state index in [0.29, 0.717) is 18.2 Å². The second-order valence-corrected chi connectivity index (χ2v) is 6.61. The molecule has 1 amide bonds. The molecule has 1 aromatic carbocycles. The summed E-state index contributed by atoms with van der Waals surface area (Å²) < 4.78 is 2.14. The third kappa shape index (κ3) is 3.28. The van der Waals surface area contributed by atoms with Crippen molar-refractivity contribution < 1.29 is 4.79 Å². The van der Waals surface area contributed by atoms with Crippen LogP contribution in [0.25, 0.3) is 11.0 Å². The lowest BCUT2D eigenvalue weighted by atomic mass is 10.2. The second kappa shape index (κ2) is 7.05. The van der Waals surface area contributed by atoms with Gasteiger partial charge in [0.25, 0.3) is 5.91 Å². The van der Waals surface area contributed by atoms with Crippen LogP contribution in [0.2, 0.25) is 0 Å². The Bertz CT molecular complexity index is 872. The van der Waals surface area contributed by atoms with Crippen LogP contribution in [-0.2, 0) is 6.54 Å². The molecule has 0 aliphatic carbocycles. The summed E-state index contributed by atoms with van der Waals surface area (Å²) in [6, 6.07) is 10.0. The van der Waals surface area contributed by atoms with Crippen LogP contribution >= 0.6 is 11.8 Å². The number of rotatable bonds is 5. The fourth-order valence-corrected chi connectivity index (χ4v) is 3.15. The molecule has 0 aliphatic heterocycles. The van der Waals surface area contributed by atoms with Crippen LogP contribution in [0.5, 0.6) is 0 Å². The molecule has 5 nitrogen and oxygen atoms in total. The van der Waals surface area contributed by atoms with E-state index in [2.05, 4.69) is 39.8 Å². The van der Waals surface area contributed by atoms with Gasteiger partial charge in [0.2, 0.25) is 0 Å². The number of carbonyl (C=O) groups excluding carboxylic acids is 1. The van der Waals surface area contributed by atoms with Gasteiger partial charge in [0.1, 0.15) is 5.03 Å². The van der Waals surface area contributed by atoms with Gasteiger partial charge in [-0.3, -0.25) is 4.79 Å². The van der Waals surface area contributed by atoms with Crippen LogP contribution in [0.1, 0.15) is 35.8 Å². The Morgan fingerprint density at radius 2 is 2.12 bits per heavy atom. The number of amides is 1. The molecular weight excluding hydrogens is 320 g/mol. The summed E-state index contributed by atoms with van der Waals surface area (Å²) in [6.45, 7) is 4.73. The van der Waals surface area contributed by atoms with Gasteiger partial charge in [-0.25, -0.2) is 9.97 Å². The van der Waals surface area contributed by atoms with E-state index in [0.717, 1.165) is 21.6 Å². The van der Waals surface area contributed by atoms with E-state index >= 15 is 0 Å². The number of fused-ring (bicyclic) bond motifs is 1. The predicted molar refractivity (Wildman–Crippen MR) is 97.3 cm³/mol. The van der Waals surface area contributed by atoms with Crippen molar-refractivity contribution in [2.24, 2.45) is 0 Å². The molecule has 24 heavy (non-hydrogen) atoms. The normalized spacial score (nSPS) is 11.2. The summed E-state index contributed by atoms with van der Waals surface area (Å²) in [7, 11) is 0. The van der Waals surface area contributed by atoms with Gasteiger partial charge in [-0.1, -0.05) is 6.07 Å². The first-order valence-corrected chi connectivity index (χ1v) is 9.05. The highest BCUT2D eigenvalue weighted by Gasteiger charge is 2.12. The molecule has 0 fully saturated rings. The maximum Gasteiger partial charge on any atom is 0.254 e. The second-order valence-electron chi connectivity index (χ2n) is 5.81. The van der Waals surface area contributed by atoms with Gasteiger partial charge < -0.3 is 9.88 Å². The first-order chi connectivity index (χ1) is 11.6. The molecule has 3 rings (SSSR count). The number of pyridine rings is 1. The van der Waals surface area contributed by atoms with Crippen molar-refractivity contribution in [2.75, 3.05) is 6.26 Å². The molecule has 0 spiro atoms. The van der Waals surface area contributed by atoms with Gasteiger partial charge in [-0.05, 0) is 49.9 Å². The molecule has 3 aromatic rings. The molecule has 0 bridgehead atoms. The average molecular weight is 340 g/mol. The zero-order chi connectivity index (χ0) is 17.1.